The number of hydrogen-bond donors (Lipinski definition) is 1. The summed E-state index contributed by atoms with van der Waals surface area (Å²) in [5.41, 5.74) is -0.213. The first-order chi connectivity index (χ1) is 10.2. The maximum absolute atomic E-state index is 14.1. The quantitative estimate of drug-likeness (QED) is 0.317. The van der Waals surface area contributed by atoms with Crippen LogP contribution in [0.3, 0.4) is 0 Å². The fourth-order valence-electron chi connectivity index (χ4n) is 1.82. The standard InChI is InChI=1S/C15H11F5S2/c16-14(17,15(18,19)20)13(21,11-7-3-1-4-8-11)22-12-9-5-2-6-10-12/h1-10,21H. The van der Waals surface area contributed by atoms with E-state index < -0.39 is 16.2 Å². The lowest BCUT2D eigenvalue weighted by molar-refractivity contribution is -0.286. The Kier molecular flexibility index (Phi) is 4.77. The molecule has 0 saturated heterocycles. The van der Waals surface area contributed by atoms with E-state index in [0.717, 1.165) is 0 Å². The van der Waals surface area contributed by atoms with Crippen molar-refractivity contribution in [1.29, 1.82) is 0 Å². The van der Waals surface area contributed by atoms with Crippen LogP contribution in [0.1, 0.15) is 5.56 Å². The second-order valence-electron chi connectivity index (χ2n) is 4.50. The van der Waals surface area contributed by atoms with E-state index in [4.69, 9.17) is 0 Å². The molecule has 0 amide bonds. The van der Waals surface area contributed by atoms with Crippen molar-refractivity contribution in [2.24, 2.45) is 0 Å². The highest BCUT2D eigenvalue weighted by Crippen LogP contribution is 2.59. The van der Waals surface area contributed by atoms with Gasteiger partial charge in [0.15, 0.2) is 4.08 Å². The Hall–Kier alpha value is -1.21. The number of benzene rings is 2. The van der Waals surface area contributed by atoms with E-state index in [1.807, 2.05) is 0 Å². The molecule has 2 rings (SSSR count). The third-order valence-electron chi connectivity index (χ3n) is 2.96. The van der Waals surface area contributed by atoms with Crippen molar-refractivity contribution in [3.8, 4) is 0 Å². The van der Waals surface area contributed by atoms with Crippen LogP contribution in [0.4, 0.5) is 22.0 Å². The predicted molar refractivity (Wildman–Crippen MR) is 80.4 cm³/mol. The molecular formula is C15H11F5S2. The summed E-state index contributed by atoms with van der Waals surface area (Å²) in [6, 6.07) is 14.5. The van der Waals surface area contributed by atoms with E-state index in [1.165, 1.54) is 42.5 Å². The van der Waals surface area contributed by atoms with Gasteiger partial charge in [0, 0.05) is 4.90 Å². The Bertz CT molecular complexity index is 613. The lowest BCUT2D eigenvalue weighted by Crippen LogP contribution is -2.50. The maximum Gasteiger partial charge on any atom is 0.456 e. The number of alkyl halides is 5. The minimum Gasteiger partial charge on any atom is -0.193 e. The van der Waals surface area contributed by atoms with Crippen LogP contribution in [0.5, 0.6) is 0 Å². The van der Waals surface area contributed by atoms with Crippen LogP contribution in [0.25, 0.3) is 0 Å². The second-order valence-corrected chi connectivity index (χ2v) is 6.76. The zero-order valence-electron chi connectivity index (χ0n) is 11.0. The highest BCUT2D eigenvalue weighted by Gasteiger charge is 2.70. The van der Waals surface area contributed by atoms with Gasteiger partial charge in [0.05, 0.1) is 0 Å². The zero-order chi connectivity index (χ0) is 16.4. The van der Waals surface area contributed by atoms with Gasteiger partial charge < -0.3 is 0 Å². The molecule has 7 heteroatoms. The van der Waals surface area contributed by atoms with Crippen LogP contribution in [-0.2, 0) is 4.08 Å². The Morgan fingerprint density at radius 2 is 1.18 bits per heavy atom. The molecule has 1 unspecified atom stereocenters. The number of hydrogen-bond acceptors (Lipinski definition) is 2. The topological polar surface area (TPSA) is 0 Å². The fraction of sp³-hybridized carbons (Fsp3) is 0.200. The minimum atomic E-state index is -5.72. The molecule has 0 aliphatic heterocycles. The van der Waals surface area contributed by atoms with Crippen LogP contribution in [0.15, 0.2) is 65.6 Å². The predicted octanol–water partition coefficient (Wildman–Crippen LogP) is 5.76. The van der Waals surface area contributed by atoms with Crippen LogP contribution in [0.2, 0.25) is 0 Å². The first-order valence-corrected chi connectivity index (χ1v) is 7.41. The number of thiol groups is 1. The summed E-state index contributed by atoms with van der Waals surface area (Å²) >= 11 is 4.16. The molecule has 0 aliphatic rings. The molecule has 0 N–H and O–H groups in total. The van der Waals surface area contributed by atoms with Crippen molar-refractivity contribution in [2.75, 3.05) is 0 Å². The molecule has 0 saturated carbocycles. The maximum atomic E-state index is 14.1. The third-order valence-corrected chi connectivity index (χ3v) is 5.06. The van der Waals surface area contributed by atoms with Crippen molar-refractivity contribution in [2.45, 2.75) is 21.1 Å². The van der Waals surface area contributed by atoms with Crippen LogP contribution < -0.4 is 0 Å². The van der Waals surface area contributed by atoms with Crippen LogP contribution in [0, 0.1) is 0 Å². The van der Waals surface area contributed by atoms with Gasteiger partial charge in [-0.2, -0.15) is 34.6 Å². The normalized spacial score (nSPS) is 15.4. The molecule has 0 spiro atoms. The molecule has 118 valence electrons. The molecule has 1 atom stereocenters. The molecule has 0 nitrogen and oxygen atoms in total. The Labute approximate surface area is 134 Å². The SMILES string of the molecule is FC(F)(F)C(F)(F)C(S)(Sc1ccccc1)c1ccccc1. The summed E-state index contributed by atoms with van der Waals surface area (Å²) < 4.78 is 64.2. The van der Waals surface area contributed by atoms with Crippen molar-refractivity contribution in [3.63, 3.8) is 0 Å². The lowest BCUT2D eigenvalue weighted by atomic mass is 10.1. The molecule has 0 fully saturated rings. The molecule has 0 radical (unpaired) electrons. The van der Waals surface area contributed by atoms with Crippen LogP contribution >= 0.6 is 24.4 Å². The monoisotopic (exact) mass is 350 g/mol. The number of thioether (sulfide) groups is 1. The Balaban J connectivity index is 2.55. The van der Waals surface area contributed by atoms with Gasteiger partial charge in [-0.1, -0.05) is 60.3 Å². The molecule has 2 aromatic rings. The second kappa shape index (κ2) is 6.12. The third kappa shape index (κ3) is 3.10. The van der Waals surface area contributed by atoms with Gasteiger partial charge in [0.1, 0.15) is 0 Å². The molecule has 0 aromatic heterocycles. The van der Waals surface area contributed by atoms with E-state index in [-0.39, 0.29) is 10.5 Å². The molecular weight excluding hydrogens is 339 g/mol. The summed E-state index contributed by atoms with van der Waals surface area (Å²) in [6.45, 7) is 0. The molecule has 0 aliphatic carbocycles. The summed E-state index contributed by atoms with van der Waals surface area (Å²) in [6.07, 6.45) is -5.72. The molecule has 0 bridgehead atoms. The molecule has 2 aromatic carbocycles. The van der Waals surface area contributed by atoms with Gasteiger partial charge in [-0.25, -0.2) is 0 Å². The van der Waals surface area contributed by atoms with Crippen molar-refractivity contribution in [1.82, 2.24) is 0 Å². The zero-order valence-corrected chi connectivity index (χ0v) is 12.7. The van der Waals surface area contributed by atoms with E-state index >= 15 is 0 Å². The van der Waals surface area contributed by atoms with E-state index in [0.29, 0.717) is 11.8 Å². The van der Waals surface area contributed by atoms with Gasteiger partial charge in [-0.05, 0) is 17.7 Å². The minimum absolute atomic E-state index is 0.213. The fourth-order valence-corrected chi connectivity index (χ4v) is 3.54. The molecule has 22 heavy (non-hydrogen) atoms. The summed E-state index contributed by atoms with van der Waals surface area (Å²) in [5, 5.41) is 0. The highest BCUT2D eigenvalue weighted by atomic mass is 32.2. The van der Waals surface area contributed by atoms with E-state index in [9.17, 15) is 22.0 Å². The van der Waals surface area contributed by atoms with Gasteiger partial charge in [-0.15, -0.1) is 0 Å². The van der Waals surface area contributed by atoms with Gasteiger partial charge in [-0.3, -0.25) is 0 Å². The van der Waals surface area contributed by atoms with Gasteiger partial charge >= 0.3 is 12.1 Å². The summed E-state index contributed by atoms with van der Waals surface area (Å²) in [4.78, 5) is 0.269. The summed E-state index contributed by atoms with van der Waals surface area (Å²) in [7, 11) is 0. The molecule has 0 heterocycles. The van der Waals surface area contributed by atoms with E-state index in [2.05, 4.69) is 12.6 Å². The Morgan fingerprint density at radius 3 is 1.64 bits per heavy atom. The first kappa shape index (κ1) is 17.1. The smallest absolute Gasteiger partial charge is 0.193 e. The highest BCUT2D eigenvalue weighted by molar-refractivity contribution is 8.11. The average Bonchev–Trinajstić information content (AvgIpc) is 2.48. The van der Waals surface area contributed by atoms with Gasteiger partial charge in [0.2, 0.25) is 0 Å². The summed E-state index contributed by atoms with van der Waals surface area (Å²) in [5.74, 6) is -5.02. The number of halogens is 5. The number of rotatable bonds is 4. The lowest BCUT2D eigenvalue weighted by Gasteiger charge is -2.37. The van der Waals surface area contributed by atoms with Crippen molar-refractivity contribution >= 4 is 24.4 Å². The van der Waals surface area contributed by atoms with Crippen LogP contribution in [-0.4, -0.2) is 12.1 Å². The van der Waals surface area contributed by atoms with E-state index in [1.54, 1.807) is 18.2 Å². The van der Waals surface area contributed by atoms with Crippen molar-refractivity contribution < 1.29 is 22.0 Å². The average molecular weight is 350 g/mol. The first-order valence-electron chi connectivity index (χ1n) is 6.15. The van der Waals surface area contributed by atoms with Crippen molar-refractivity contribution in [3.05, 3.63) is 66.2 Å². The van der Waals surface area contributed by atoms with Gasteiger partial charge in [0.25, 0.3) is 0 Å². The Morgan fingerprint density at radius 1 is 0.727 bits per heavy atom. The largest absolute Gasteiger partial charge is 0.456 e.